The van der Waals surface area contributed by atoms with Crippen molar-refractivity contribution in [2.45, 2.75) is 53.5 Å². The van der Waals surface area contributed by atoms with Crippen molar-refractivity contribution in [1.82, 2.24) is 5.32 Å². The summed E-state index contributed by atoms with van der Waals surface area (Å²) in [6, 6.07) is 0.475. The van der Waals surface area contributed by atoms with E-state index in [0.717, 1.165) is 19.4 Å². The lowest BCUT2D eigenvalue weighted by Gasteiger charge is -2.35. The van der Waals surface area contributed by atoms with Crippen molar-refractivity contribution in [2.75, 3.05) is 18.6 Å². The van der Waals surface area contributed by atoms with Gasteiger partial charge in [0, 0.05) is 24.6 Å². The first-order valence-electron chi connectivity index (χ1n) is 6.48. The summed E-state index contributed by atoms with van der Waals surface area (Å²) in [5.74, 6) is 0.852. The van der Waals surface area contributed by atoms with Crippen LogP contribution in [0, 0.1) is 11.3 Å². The van der Waals surface area contributed by atoms with Gasteiger partial charge in [-0.2, -0.15) is 0 Å². The number of hydrogen-bond donors (Lipinski definition) is 1. The van der Waals surface area contributed by atoms with Gasteiger partial charge in [-0.3, -0.25) is 0 Å². The van der Waals surface area contributed by atoms with Gasteiger partial charge >= 0.3 is 0 Å². The van der Waals surface area contributed by atoms with Crippen LogP contribution in [0.4, 0.5) is 0 Å². The summed E-state index contributed by atoms with van der Waals surface area (Å²) in [5, 5.41) is 3.47. The van der Waals surface area contributed by atoms with Crippen molar-refractivity contribution >= 4 is 9.84 Å². The van der Waals surface area contributed by atoms with Crippen LogP contribution in [0.2, 0.25) is 0 Å². The Kier molecular flexibility index (Phi) is 6.70. The molecule has 0 spiro atoms. The Morgan fingerprint density at radius 1 is 1.18 bits per heavy atom. The van der Waals surface area contributed by atoms with E-state index < -0.39 is 9.84 Å². The number of hydrogen-bond acceptors (Lipinski definition) is 3. The molecule has 0 aliphatic heterocycles. The third-order valence-corrected chi connectivity index (χ3v) is 4.60. The second-order valence-electron chi connectivity index (χ2n) is 6.08. The highest BCUT2D eigenvalue weighted by molar-refractivity contribution is 7.90. The summed E-state index contributed by atoms with van der Waals surface area (Å²) >= 11 is 0. The van der Waals surface area contributed by atoms with E-state index in [1.807, 2.05) is 0 Å². The third kappa shape index (κ3) is 7.77. The Labute approximate surface area is 107 Å². The molecule has 1 atom stereocenters. The quantitative estimate of drug-likeness (QED) is 0.732. The number of nitrogens with one attached hydrogen (secondary N) is 1. The summed E-state index contributed by atoms with van der Waals surface area (Å²) in [4.78, 5) is 0. The molecule has 0 amide bonds. The fourth-order valence-electron chi connectivity index (χ4n) is 1.76. The molecule has 4 heteroatoms. The van der Waals surface area contributed by atoms with Crippen LogP contribution in [0.1, 0.15) is 47.5 Å². The molecule has 1 N–H and O–H groups in total. The lowest BCUT2D eigenvalue weighted by atomic mass is 9.75. The van der Waals surface area contributed by atoms with Crippen molar-refractivity contribution in [3.8, 4) is 0 Å². The average molecular weight is 263 g/mol. The van der Waals surface area contributed by atoms with Crippen LogP contribution in [0.5, 0.6) is 0 Å². The maximum Gasteiger partial charge on any atom is 0.147 e. The molecule has 17 heavy (non-hydrogen) atoms. The van der Waals surface area contributed by atoms with Gasteiger partial charge in [-0.25, -0.2) is 8.42 Å². The van der Waals surface area contributed by atoms with Crippen molar-refractivity contribution in [2.24, 2.45) is 11.3 Å². The first-order chi connectivity index (χ1) is 7.57. The molecule has 0 heterocycles. The van der Waals surface area contributed by atoms with Crippen LogP contribution >= 0.6 is 0 Å². The van der Waals surface area contributed by atoms with E-state index in [2.05, 4.69) is 39.9 Å². The summed E-state index contributed by atoms with van der Waals surface area (Å²) in [5.41, 5.74) is 0.176. The summed E-state index contributed by atoms with van der Waals surface area (Å²) in [6.07, 6.45) is 3.02. The van der Waals surface area contributed by atoms with E-state index in [0.29, 0.717) is 17.7 Å². The Bertz CT molecular complexity index is 309. The Morgan fingerprint density at radius 3 is 2.06 bits per heavy atom. The molecule has 0 bridgehead atoms. The van der Waals surface area contributed by atoms with Gasteiger partial charge in [0.15, 0.2) is 0 Å². The lowest BCUT2D eigenvalue weighted by molar-refractivity contribution is 0.185. The van der Waals surface area contributed by atoms with Gasteiger partial charge in [0.2, 0.25) is 0 Å². The molecular weight excluding hydrogens is 234 g/mol. The molecular formula is C13H29NO2S. The number of rotatable bonds is 8. The summed E-state index contributed by atoms with van der Waals surface area (Å²) in [6.45, 7) is 11.9. The molecule has 0 aliphatic carbocycles. The molecule has 0 aromatic heterocycles. The van der Waals surface area contributed by atoms with E-state index >= 15 is 0 Å². The van der Waals surface area contributed by atoms with Gasteiger partial charge < -0.3 is 5.32 Å². The standard InChI is InChI=1S/C13H29NO2S/c1-11(2)13(5,10-14-12(3)4)8-7-9-17(6,15)16/h11-12,14H,7-10H2,1-6H3. The van der Waals surface area contributed by atoms with Crippen LogP contribution in [0.15, 0.2) is 0 Å². The van der Waals surface area contributed by atoms with E-state index in [1.165, 1.54) is 6.26 Å². The van der Waals surface area contributed by atoms with E-state index in [4.69, 9.17) is 0 Å². The van der Waals surface area contributed by atoms with Crippen LogP contribution in [0.25, 0.3) is 0 Å². The fraction of sp³-hybridized carbons (Fsp3) is 1.00. The van der Waals surface area contributed by atoms with Crippen molar-refractivity contribution < 1.29 is 8.42 Å². The summed E-state index contributed by atoms with van der Waals surface area (Å²) < 4.78 is 22.3. The van der Waals surface area contributed by atoms with Gasteiger partial charge in [0.05, 0.1) is 0 Å². The molecule has 0 aromatic carbocycles. The minimum Gasteiger partial charge on any atom is -0.314 e. The zero-order valence-electron chi connectivity index (χ0n) is 12.2. The van der Waals surface area contributed by atoms with E-state index in [9.17, 15) is 8.42 Å². The largest absolute Gasteiger partial charge is 0.314 e. The minimum absolute atomic E-state index is 0.176. The highest BCUT2D eigenvalue weighted by Crippen LogP contribution is 2.31. The van der Waals surface area contributed by atoms with Gasteiger partial charge in [-0.15, -0.1) is 0 Å². The molecule has 1 unspecified atom stereocenters. The molecule has 3 nitrogen and oxygen atoms in total. The van der Waals surface area contributed by atoms with Crippen LogP contribution in [-0.4, -0.2) is 33.0 Å². The van der Waals surface area contributed by atoms with Gasteiger partial charge in [0.25, 0.3) is 0 Å². The topological polar surface area (TPSA) is 46.2 Å². The van der Waals surface area contributed by atoms with Crippen molar-refractivity contribution in [3.63, 3.8) is 0 Å². The predicted molar refractivity (Wildman–Crippen MR) is 75.0 cm³/mol. The molecule has 0 fully saturated rings. The van der Waals surface area contributed by atoms with Crippen LogP contribution < -0.4 is 5.32 Å². The first-order valence-corrected chi connectivity index (χ1v) is 8.54. The normalized spacial score (nSPS) is 16.5. The average Bonchev–Trinajstić information content (AvgIpc) is 2.12. The second kappa shape index (κ2) is 6.74. The maximum atomic E-state index is 11.1. The van der Waals surface area contributed by atoms with E-state index in [-0.39, 0.29) is 5.41 Å². The van der Waals surface area contributed by atoms with Crippen molar-refractivity contribution in [3.05, 3.63) is 0 Å². The van der Waals surface area contributed by atoms with Crippen LogP contribution in [0.3, 0.4) is 0 Å². The molecule has 104 valence electrons. The third-order valence-electron chi connectivity index (χ3n) is 3.57. The van der Waals surface area contributed by atoms with Gasteiger partial charge in [0.1, 0.15) is 9.84 Å². The Hall–Kier alpha value is -0.0900. The molecule has 0 saturated heterocycles. The van der Waals surface area contributed by atoms with Crippen molar-refractivity contribution in [1.29, 1.82) is 0 Å². The second-order valence-corrected chi connectivity index (χ2v) is 8.34. The number of sulfone groups is 1. The summed E-state index contributed by atoms with van der Waals surface area (Å²) in [7, 11) is -2.82. The Morgan fingerprint density at radius 2 is 1.71 bits per heavy atom. The molecule has 0 aliphatic rings. The lowest BCUT2D eigenvalue weighted by Crippen LogP contribution is -2.39. The first kappa shape index (κ1) is 16.9. The highest BCUT2D eigenvalue weighted by atomic mass is 32.2. The molecule has 0 saturated carbocycles. The van der Waals surface area contributed by atoms with E-state index in [1.54, 1.807) is 0 Å². The minimum atomic E-state index is -2.82. The maximum absolute atomic E-state index is 11.1. The zero-order chi connectivity index (χ0) is 13.7. The monoisotopic (exact) mass is 263 g/mol. The highest BCUT2D eigenvalue weighted by Gasteiger charge is 2.28. The predicted octanol–water partition coefficient (Wildman–Crippen LogP) is 2.47. The SMILES string of the molecule is CC(C)NCC(C)(CCCS(C)(=O)=O)C(C)C. The molecule has 0 radical (unpaired) electrons. The van der Waals surface area contributed by atoms with Gasteiger partial charge in [-0.1, -0.05) is 34.6 Å². The smallest absolute Gasteiger partial charge is 0.147 e. The molecule has 0 rings (SSSR count). The van der Waals surface area contributed by atoms with Crippen LogP contribution in [-0.2, 0) is 9.84 Å². The zero-order valence-corrected chi connectivity index (χ0v) is 13.0. The van der Waals surface area contributed by atoms with Gasteiger partial charge in [-0.05, 0) is 24.2 Å². The molecule has 0 aromatic rings. The fourth-order valence-corrected chi connectivity index (χ4v) is 2.43. The Balaban J connectivity index is 4.31.